The lowest BCUT2D eigenvalue weighted by molar-refractivity contribution is -0.119. The molecule has 4 heteroatoms. The van der Waals surface area contributed by atoms with E-state index in [0.717, 1.165) is 12.2 Å². The Morgan fingerprint density at radius 3 is 3.08 bits per heavy atom. The van der Waals surface area contributed by atoms with E-state index in [1.165, 1.54) is 6.92 Å². The molecule has 1 atom stereocenters. The molecule has 0 fully saturated rings. The number of nitrogens with zero attached hydrogens (tertiary/aromatic N) is 1. The molecule has 1 aromatic rings. The lowest BCUT2D eigenvalue weighted by Crippen LogP contribution is -2.26. The molecule has 0 bridgehead atoms. The van der Waals surface area contributed by atoms with Crippen molar-refractivity contribution < 1.29 is 4.79 Å². The first-order valence-electron chi connectivity index (χ1n) is 4.41. The third-order valence-electron chi connectivity index (χ3n) is 1.80. The molecule has 0 unspecified atom stereocenters. The number of aromatic nitrogens is 2. The molecule has 0 aliphatic heterocycles. The predicted molar refractivity (Wildman–Crippen MR) is 50.1 cm³/mol. The van der Waals surface area contributed by atoms with E-state index >= 15 is 0 Å². The van der Waals surface area contributed by atoms with Crippen molar-refractivity contribution in [3.63, 3.8) is 0 Å². The van der Waals surface area contributed by atoms with Crippen molar-refractivity contribution in [3.8, 4) is 0 Å². The van der Waals surface area contributed by atoms with E-state index in [9.17, 15) is 4.79 Å². The van der Waals surface area contributed by atoms with Crippen molar-refractivity contribution in [3.05, 3.63) is 18.2 Å². The van der Waals surface area contributed by atoms with Gasteiger partial charge in [0.25, 0.3) is 0 Å². The number of imidazole rings is 1. The van der Waals surface area contributed by atoms with Gasteiger partial charge in [0.2, 0.25) is 5.91 Å². The van der Waals surface area contributed by atoms with Crippen LogP contribution in [0.3, 0.4) is 0 Å². The maximum atomic E-state index is 10.6. The molecule has 1 rings (SSSR count). The van der Waals surface area contributed by atoms with Crippen molar-refractivity contribution in [2.75, 3.05) is 6.54 Å². The Kier molecular flexibility index (Phi) is 3.49. The number of hydrogen-bond donors (Lipinski definition) is 2. The van der Waals surface area contributed by atoms with Crippen LogP contribution in [-0.4, -0.2) is 22.4 Å². The molecule has 0 aromatic carbocycles. The molecule has 0 radical (unpaired) electrons. The highest BCUT2D eigenvalue weighted by Crippen LogP contribution is 2.01. The number of rotatable bonds is 4. The van der Waals surface area contributed by atoms with Crippen LogP contribution in [0.4, 0.5) is 0 Å². The normalized spacial score (nSPS) is 12.5. The molecule has 0 saturated carbocycles. The fraction of sp³-hybridized carbons (Fsp3) is 0.556. The van der Waals surface area contributed by atoms with Crippen LogP contribution >= 0.6 is 0 Å². The Bertz CT molecular complexity index is 256. The first kappa shape index (κ1) is 9.77. The van der Waals surface area contributed by atoms with Gasteiger partial charge in [0.1, 0.15) is 5.82 Å². The van der Waals surface area contributed by atoms with Gasteiger partial charge < -0.3 is 10.3 Å². The molecular formula is C9H15N3O. The zero-order valence-electron chi connectivity index (χ0n) is 8.00. The van der Waals surface area contributed by atoms with Gasteiger partial charge in [0.15, 0.2) is 0 Å². The molecule has 0 aliphatic carbocycles. The summed E-state index contributed by atoms with van der Waals surface area (Å²) in [6.45, 7) is 4.31. The van der Waals surface area contributed by atoms with Gasteiger partial charge in [0.05, 0.1) is 0 Å². The average Bonchev–Trinajstić information content (AvgIpc) is 2.53. The zero-order chi connectivity index (χ0) is 9.68. The van der Waals surface area contributed by atoms with Crippen molar-refractivity contribution in [1.82, 2.24) is 15.3 Å². The summed E-state index contributed by atoms with van der Waals surface area (Å²) in [6, 6.07) is 0. The Balaban J connectivity index is 2.25. The van der Waals surface area contributed by atoms with Gasteiger partial charge in [-0.15, -0.1) is 0 Å². The van der Waals surface area contributed by atoms with Gasteiger partial charge in [-0.05, 0) is 5.92 Å². The monoisotopic (exact) mass is 181 g/mol. The van der Waals surface area contributed by atoms with Crippen molar-refractivity contribution in [1.29, 1.82) is 0 Å². The van der Waals surface area contributed by atoms with Gasteiger partial charge >= 0.3 is 0 Å². The number of aromatic amines is 1. The van der Waals surface area contributed by atoms with Crippen LogP contribution in [-0.2, 0) is 11.2 Å². The molecule has 1 heterocycles. The molecule has 0 aliphatic rings. The van der Waals surface area contributed by atoms with Crippen LogP contribution in [0.2, 0.25) is 0 Å². The van der Waals surface area contributed by atoms with E-state index in [1.807, 2.05) is 0 Å². The van der Waals surface area contributed by atoms with Gasteiger partial charge in [-0.2, -0.15) is 0 Å². The second-order valence-corrected chi connectivity index (χ2v) is 3.28. The highest BCUT2D eigenvalue weighted by Gasteiger charge is 2.05. The average molecular weight is 181 g/mol. The largest absolute Gasteiger partial charge is 0.356 e. The minimum Gasteiger partial charge on any atom is -0.356 e. The summed E-state index contributed by atoms with van der Waals surface area (Å²) in [5.74, 6) is 1.40. The smallest absolute Gasteiger partial charge is 0.216 e. The van der Waals surface area contributed by atoms with E-state index in [0.29, 0.717) is 12.5 Å². The molecule has 1 aromatic heterocycles. The molecular weight excluding hydrogens is 166 g/mol. The predicted octanol–water partition coefficient (Wildman–Crippen LogP) is 0.724. The first-order valence-corrected chi connectivity index (χ1v) is 4.41. The summed E-state index contributed by atoms with van der Waals surface area (Å²) in [4.78, 5) is 17.8. The molecule has 0 spiro atoms. The number of H-pyrrole nitrogens is 1. The Hall–Kier alpha value is -1.32. The van der Waals surface area contributed by atoms with Gasteiger partial charge in [-0.3, -0.25) is 4.79 Å². The van der Waals surface area contributed by atoms with Crippen molar-refractivity contribution >= 4 is 5.91 Å². The lowest BCUT2D eigenvalue weighted by Gasteiger charge is -2.09. The Morgan fingerprint density at radius 2 is 2.54 bits per heavy atom. The van der Waals surface area contributed by atoms with Crippen LogP contribution in [0.15, 0.2) is 12.4 Å². The number of amides is 1. The first-order chi connectivity index (χ1) is 6.18. The Labute approximate surface area is 77.8 Å². The van der Waals surface area contributed by atoms with Crippen LogP contribution in [0.25, 0.3) is 0 Å². The Morgan fingerprint density at radius 1 is 1.77 bits per heavy atom. The fourth-order valence-electron chi connectivity index (χ4n) is 1.13. The van der Waals surface area contributed by atoms with E-state index < -0.39 is 0 Å². The summed E-state index contributed by atoms with van der Waals surface area (Å²) in [5, 5.41) is 2.78. The van der Waals surface area contributed by atoms with Crippen LogP contribution in [0, 0.1) is 5.92 Å². The van der Waals surface area contributed by atoms with Crippen LogP contribution in [0.1, 0.15) is 19.7 Å². The third-order valence-corrected chi connectivity index (χ3v) is 1.80. The minimum atomic E-state index is 0.0197. The highest BCUT2D eigenvalue weighted by atomic mass is 16.1. The minimum absolute atomic E-state index is 0.0197. The van der Waals surface area contributed by atoms with E-state index in [1.54, 1.807) is 12.4 Å². The van der Waals surface area contributed by atoms with Crippen molar-refractivity contribution in [2.45, 2.75) is 20.3 Å². The summed E-state index contributed by atoms with van der Waals surface area (Å²) in [5.41, 5.74) is 0. The number of carbonyl (C=O) groups is 1. The number of carbonyl (C=O) groups excluding carboxylic acids is 1. The maximum Gasteiger partial charge on any atom is 0.216 e. The second-order valence-electron chi connectivity index (χ2n) is 3.28. The maximum absolute atomic E-state index is 10.6. The zero-order valence-corrected chi connectivity index (χ0v) is 8.00. The lowest BCUT2D eigenvalue weighted by atomic mass is 10.1. The molecule has 2 N–H and O–H groups in total. The quantitative estimate of drug-likeness (QED) is 0.719. The molecule has 72 valence electrons. The van der Waals surface area contributed by atoms with E-state index in [2.05, 4.69) is 22.2 Å². The molecule has 4 nitrogen and oxygen atoms in total. The van der Waals surface area contributed by atoms with E-state index in [4.69, 9.17) is 0 Å². The molecule has 13 heavy (non-hydrogen) atoms. The van der Waals surface area contributed by atoms with Crippen molar-refractivity contribution in [2.24, 2.45) is 5.92 Å². The number of nitrogens with one attached hydrogen (secondary N) is 2. The van der Waals surface area contributed by atoms with Gasteiger partial charge in [-0.25, -0.2) is 4.98 Å². The third kappa shape index (κ3) is 3.73. The second kappa shape index (κ2) is 4.64. The fourth-order valence-corrected chi connectivity index (χ4v) is 1.13. The van der Waals surface area contributed by atoms with Gasteiger partial charge in [-0.1, -0.05) is 6.92 Å². The molecule has 1 amide bonds. The van der Waals surface area contributed by atoms with E-state index in [-0.39, 0.29) is 5.91 Å². The van der Waals surface area contributed by atoms with Gasteiger partial charge in [0, 0.05) is 32.3 Å². The number of hydrogen-bond acceptors (Lipinski definition) is 2. The summed E-state index contributed by atoms with van der Waals surface area (Å²) >= 11 is 0. The summed E-state index contributed by atoms with van der Waals surface area (Å²) in [6.07, 6.45) is 4.41. The summed E-state index contributed by atoms with van der Waals surface area (Å²) < 4.78 is 0. The highest BCUT2D eigenvalue weighted by molar-refractivity contribution is 5.72. The molecule has 0 saturated heterocycles. The standard InChI is InChI=1S/C9H15N3O/c1-7(6-12-8(2)13)5-9-10-3-4-11-9/h3-4,7H,5-6H2,1-2H3,(H,10,11)(H,12,13)/t7-/m0/s1. The topological polar surface area (TPSA) is 57.8 Å². The summed E-state index contributed by atoms with van der Waals surface area (Å²) in [7, 11) is 0. The SMILES string of the molecule is CC(=O)NC[C@@H](C)Cc1ncc[nH]1. The van der Waals surface area contributed by atoms with Crippen LogP contribution < -0.4 is 5.32 Å². The van der Waals surface area contributed by atoms with Crippen LogP contribution in [0.5, 0.6) is 0 Å².